The standard InChI is InChI=1S/C15H23N3O2.ClH/c1-10-7-12(17-20-10)9-18(2)15(19)14-8-11-5-3-4-6-13(11)16-14;/h7,11,13-14,16H,3-6,8-9H2,1-2H3;1H. The van der Waals surface area contributed by atoms with Gasteiger partial charge in [0.05, 0.1) is 12.6 Å². The number of carbonyl (C=O) groups excluding carboxylic acids is 1. The number of hydrogen-bond acceptors (Lipinski definition) is 4. The lowest BCUT2D eigenvalue weighted by Crippen LogP contribution is -2.43. The molecular weight excluding hydrogens is 290 g/mol. The van der Waals surface area contributed by atoms with Crippen molar-refractivity contribution >= 4 is 18.3 Å². The van der Waals surface area contributed by atoms with Gasteiger partial charge >= 0.3 is 0 Å². The Morgan fingerprint density at radius 2 is 2.24 bits per heavy atom. The van der Waals surface area contributed by atoms with E-state index in [1.54, 1.807) is 4.90 Å². The van der Waals surface area contributed by atoms with Crippen LogP contribution in [0.4, 0.5) is 0 Å². The number of likely N-dealkylation sites (N-methyl/N-ethyl adjacent to an activating group) is 1. The van der Waals surface area contributed by atoms with Crippen molar-refractivity contribution in [3.8, 4) is 0 Å². The molecule has 0 radical (unpaired) electrons. The van der Waals surface area contributed by atoms with Crippen molar-refractivity contribution in [1.29, 1.82) is 0 Å². The lowest BCUT2D eigenvalue weighted by atomic mass is 9.85. The highest BCUT2D eigenvalue weighted by atomic mass is 35.5. The van der Waals surface area contributed by atoms with Crippen LogP contribution in [-0.4, -0.2) is 35.1 Å². The van der Waals surface area contributed by atoms with Gasteiger partial charge in [0.1, 0.15) is 11.5 Å². The first kappa shape index (κ1) is 16.3. The zero-order valence-corrected chi connectivity index (χ0v) is 13.5. The predicted molar refractivity (Wildman–Crippen MR) is 82.2 cm³/mol. The first-order valence-electron chi connectivity index (χ1n) is 7.56. The third-order valence-electron chi connectivity index (χ3n) is 4.61. The van der Waals surface area contributed by atoms with Crippen molar-refractivity contribution in [2.24, 2.45) is 5.92 Å². The summed E-state index contributed by atoms with van der Waals surface area (Å²) in [4.78, 5) is 14.3. The third-order valence-corrected chi connectivity index (χ3v) is 4.61. The molecule has 1 saturated heterocycles. The summed E-state index contributed by atoms with van der Waals surface area (Å²) < 4.78 is 5.04. The molecule has 2 fully saturated rings. The van der Waals surface area contributed by atoms with Crippen LogP contribution in [0.25, 0.3) is 0 Å². The highest BCUT2D eigenvalue weighted by Gasteiger charge is 2.39. The van der Waals surface area contributed by atoms with Crippen molar-refractivity contribution in [3.63, 3.8) is 0 Å². The summed E-state index contributed by atoms with van der Waals surface area (Å²) in [5.74, 6) is 1.66. The number of nitrogens with one attached hydrogen (secondary N) is 1. The minimum atomic E-state index is -0.0129. The molecule has 1 aromatic heterocycles. The fourth-order valence-electron chi connectivity index (χ4n) is 3.59. The second-order valence-corrected chi connectivity index (χ2v) is 6.23. The molecule has 1 aliphatic carbocycles. The lowest BCUT2D eigenvalue weighted by Gasteiger charge is -2.24. The first-order chi connectivity index (χ1) is 9.63. The number of amides is 1. The van der Waals surface area contributed by atoms with Crippen LogP contribution in [0.5, 0.6) is 0 Å². The summed E-state index contributed by atoms with van der Waals surface area (Å²) in [6.07, 6.45) is 6.10. The Kier molecular flexibility index (Phi) is 5.27. The van der Waals surface area contributed by atoms with Gasteiger partial charge in [0.15, 0.2) is 0 Å². The van der Waals surface area contributed by atoms with E-state index >= 15 is 0 Å². The molecule has 3 atom stereocenters. The Balaban J connectivity index is 0.00000161. The van der Waals surface area contributed by atoms with Gasteiger partial charge < -0.3 is 14.7 Å². The molecule has 2 aliphatic rings. The molecule has 21 heavy (non-hydrogen) atoms. The van der Waals surface area contributed by atoms with Crippen molar-refractivity contribution in [2.45, 2.75) is 57.7 Å². The molecule has 1 aliphatic heterocycles. The van der Waals surface area contributed by atoms with E-state index in [2.05, 4.69) is 10.5 Å². The third kappa shape index (κ3) is 3.58. The summed E-state index contributed by atoms with van der Waals surface area (Å²) in [5.41, 5.74) is 0.814. The van der Waals surface area contributed by atoms with E-state index in [1.165, 1.54) is 25.7 Å². The van der Waals surface area contributed by atoms with E-state index < -0.39 is 0 Å². The topological polar surface area (TPSA) is 58.4 Å². The minimum Gasteiger partial charge on any atom is -0.361 e. The Morgan fingerprint density at radius 3 is 2.90 bits per heavy atom. The van der Waals surface area contributed by atoms with Crippen molar-refractivity contribution in [2.75, 3.05) is 7.05 Å². The molecule has 1 saturated carbocycles. The number of aromatic nitrogens is 1. The Bertz CT molecular complexity index is 477. The van der Waals surface area contributed by atoms with E-state index in [1.807, 2.05) is 20.0 Å². The maximum Gasteiger partial charge on any atom is 0.239 e. The molecule has 6 heteroatoms. The van der Waals surface area contributed by atoms with Crippen LogP contribution in [0, 0.1) is 12.8 Å². The van der Waals surface area contributed by atoms with Gasteiger partial charge in [-0.3, -0.25) is 4.79 Å². The van der Waals surface area contributed by atoms with Gasteiger partial charge in [-0.05, 0) is 32.1 Å². The first-order valence-corrected chi connectivity index (χ1v) is 7.56. The van der Waals surface area contributed by atoms with Crippen LogP contribution in [0.3, 0.4) is 0 Å². The van der Waals surface area contributed by atoms with E-state index in [-0.39, 0.29) is 24.4 Å². The van der Waals surface area contributed by atoms with Gasteiger partial charge in [0.2, 0.25) is 5.91 Å². The number of aryl methyl sites for hydroxylation is 1. The average molecular weight is 314 g/mol. The number of rotatable bonds is 3. The normalized spacial score (nSPS) is 27.8. The molecule has 118 valence electrons. The molecule has 1 N–H and O–H groups in total. The van der Waals surface area contributed by atoms with Crippen molar-refractivity contribution in [1.82, 2.24) is 15.4 Å². The highest BCUT2D eigenvalue weighted by molar-refractivity contribution is 5.85. The molecule has 3 rings (SSSR count). The van der Waals surface area contributed by atoms with Gasteiger partial charge in [0.25, 0.3) is 0 Å². The maximum absolute atomic E-state index is 12.5. The zero-order chi connectivity index (χ0) is 14.1. The number of carbonyl (C=O) groups is 1. The number of halogens is 1. The van der Waals surface area contributed by atoms with Crippen LogP contribution in [0.1, 0.15) is 43.6 Å². The second kappa shape index (κ2) is 6.79. The Morgan fingerprint density at radius 1 is 1.48 bits per heavy atom. The summed E-state index contributed by atoms with van der Waals surface area (Å²) in [7, 11) is 1.84. The fraction of sp³-hybridized carbons (Fsp3) is 0.733. The maximum atomic E-state index is 12.5. The van der Waals surface area contributed by atoms with E-state index in [9.17, 15) is 4.79 Å². The molecule has 1 amide bonds. The van der Waals surface area contributed by atoms with Crippen LogP contribution in [0.2, 0.25) is 0 Å². The highest BCUT2D eigenvalue weighted by Crippen LogP contribution is 2.33. The van der Waals surface area contributed by atoms with Crippen LogP contribution in [-0.2, 0) is 11.3 Å². The van der Waals surface area contributed by atoms with Gasteiger partial charge in [-0.1, -0.05) is 18.0 Å². The summed E-state index contributed by atoms with van der Waals surface area (Å²) in [5, 5.41) is 7.48. The summed E-state index contributed by atoms with van der Waals surface area (Å²) in [6, 6.07) is 2.42. The van der Waals surface area contributed by atoms with Gasteiger partial charge in [0, 0.05) is 19.2 Å². The predicted octanol–water partition coefficient (Wildman–Crippen LogP) is 2.28. The zero-order valence-electron chi connectivity index (χ0n) is 12.7. The molecule has 1 aromatic rings. The van der Waals surface area contributed by atoms with Crippen LogP contribution >= 0.6 is 12.4 Å². The van der Waals surface area contributed by atoms with E-state index in [0.717, 1.165) is 17.9 Å². The van der Waals surface area contributed by atoms with Crippen LogP contribution in [0.15, 0.2) is 10.6 Å². The molecule has 0 aromatic carbocycles. The molecule has 5 nitrogen and oxygen atoms in total. The molecular formula is C15H24ClN3O2. The summed E-state index contributed by atoms with van der Waals surface area (Å²) >= 11 is 0. The molecule has 0 bridgehead atoms. The minimum absolute atomic E-state index is 0. The average Bonchev–Trinajstić information content (AvgIpc) is 3.03. The Hall–Kier alpha value is -1.07. The van der Waals surface area contributed by atoms with E-state index in [4.69, 9.17) is 4.52 Å². The SMILES string of the molecule is Cc1cc(CN(C)C(=O)C2CC3CCCCC3N2)no1.Cl. The van der Waals surface area contributed by atoms with E-state index in [0.29, 0.717) is 18.5 Å². The fourth-order valence-corrected chi connectivity index (χ4v) is 3.59. The largest absolute Gasteiger partial charge is 0.361 e. The molecule has 3 unspecified atom stereocenters. The number of nitrogens with zero attached hydrogens (tertiary/aromatic N) is 2. The van der Waals surface area contributed by atoms with Crippen molar-refractivity contribution in [3.05, 3.63) is 17.5 Å². The van der Waals surface area contributed by atoms with Gasteiger partial charge in [-0.15, -0.1) is 12.4 Å². The quantitative estimate of drug-likeness (QED) is 0.930. The lowest BCUT2D eigenvalue weighted by molar-refractivity contribution is -0.132. The molecule has 0 spiro atoms. The number of hydrogen-bond donors (Lipinski definition) is 1. The monoisotopic (exact) mass is 313 g/mol. The smallest absolute Gasteiger partial charge is 0.239 e. The summed E-state index contributed by atoms with van der Waals surface area (Å²) in [6.45, 7) is 2.38. The van der Waals surface area contributed by atoms with Crippen molar-refractivity contribution < 1.29 is 9.32 Å². The van der Waals surface area contributed by atoms with Gasteiger partial charge in [-0.25, -0.2) is 0 Å². The molecule has 2 heterocycles. The van der Waals surface area contributed by atoms with Gasteiger partial charge in [-0.2, -0.15) is 0 Å². The Labute approximate surface area is 131 Å². The number of fused-ring (bicyclic) bond motifs is 1. The van der Waals surface area contributed by atoms with Crippen LogP contribution < -0.4 is 5.32 Å². The second-order valence-electron chi connectivity index (χ2n) is 6.23.